The van der Waals surface area contributed by atoms with Gasteiger partial charge in [0, 0.05) is 19.3 Å². The van der Waals surface area contributed by atoms with Crippen LogP contribution >= 0.6 is 0 Å². The molecule has 0 fully saturated rings. The van der Waals surface area contributed by atoms with Crippen LogP contribution < -0.4 is 30.2 Å². The molecule has 1 heterocycles. The van der Waals surface area contributed by atoms with E-state index in [-0.39, 0.29) is 23.6 Å². The second-order valence-corrected chi connectivity index (χ2v) is 10.2. The average Bonchev–Trinajstić information content (AvgIpc) is 3.10. The molecule has 2 aromatic carbocycles. The van der Waals surface area contributed by atoms with Gasteiger partial charge in [0.1, 0.15) is 40.2 Å². The Kier molecular flexibility index (Phi) is 23.7. The number of aliphatic imine (C=N–C) groups is 1. The van der Waals surface area contributed by atoms with Crippen LogP contribution in [0.1, 0.15) is 78.5 Å². The highest BCUT2D eigenvalue weighted by molar-refractivity contribution is 5.85. The summed E-state index contributed by atoms with van der Waals surface area (Å²) >= 11 is 0. The van der Waals surface area contributed by atoms with Crippen molar-refractivity contribution in [2.75, 3.05) is 35.0 Å². The van der Waals surface area contributed by atoms with E-state index in [9.17, 15) is 14.7 Å². The van der Waals surface area contributed by atoms with Gasteiger partial charge in [-0.25, -0.2) is 4.99 Å². The minimum absolute atomic E-state index is 0.0880. The maximum atomic E-state index is 12.4. The fourth-order valence-electron chi connectivity index (χ4n) is 4.25. The van der Waals surface area contributed by atoms with E-state index in [1.54, 1.807) is 32.4 Å². The van der Waals surface area contributed by atoms with E-state index in [1.165, 1.54) is 18.8 Å². The zero-order valence-electron chi connectivity index (χ0n) is 30.4. The molecule has 0 saturated heterocycles. The number of esters is 1. The number of unbranched alkanes of at least 4 members (excludes halogenated alkanes) is 2. The number of nitrogens with zero attached hydrogens (tertiary/aromatic N) is 3. The van der Waals surface area contributed by atoms with Crippen molar-refractivity contribution >= 4 is 23.6 Å². The van der Waals surface area contributed by atoms with Gasteiger partial charge in [-0.3, -0.25) is 14.2 Å². The Labute approximate surface area is 294 Å². The van der Waals surface area contributed by atoms with Crippen LogP contribution in [0.25, 0.3) is 5.69 Å². The number of amidine groups is 1. The summed E-state index contributed by atoms with van der Waals surface area (Å²) in [5.74, 6) is 3.08. The summed E-state index contributed by atoms with van der Waals surface area (Å²) in [6.45, 7) is 8.44. The van der Waals surface area contributed by atoms with Gasteiger partial charge in [-0.15, -0.1) is 0 Å². The number of hydrogen-bond donors (Lipinski definition) is 2. The van der Waals surface area contributed by atoms with E-state index in [0.29, 0.717) is 65.5 Å². The standard InChI is InChI=1S/C16H20N2O4.C13H20N2O2.C6H12O2.CO2/c1-4-5-9-13-17-14(19)10-15(20)18(13)16-11(21-2)7-6-8-12(16)22-3;1-4-5-9-12(14)15-13-10(16-2)7-6-8-11(13)17-3;1-3-5-6(7)8-4-2;2-1-3/h6-8,10,19H,4-5,9H2,1-3H3;6-8H,4-5,9H2,1-3H3,(H2,14,15);3-5H2,1-2H3;. The summed E-state index contributed by atoms with van der Waals surface area (Å²) in [5.41, 5.74) is 6.66. The molecule has 3 aromatic rings. The molecule has 0 unspecified atom stereocenters. The molecule has 0 atom stereocenters. The van der Waals surface area contributed by atoms with Gasteiger partial charge in [0.15, 0.2) is 0 Å². The largest absolute Gasteiger partial charge is 0.494 e. The third-order valence-corrected chi connectivity index (χ3v) is 6.56. The number of rotatable bonds is 15. The maximum absolute atomic E-state index is 12.4. The molecule has 14 heteroatoms. The zero-order valence-corrected chi connectivity index (χ0v) is 30.4. The lowest BCUT2D eigenvalue weighted by Gasteiger charge is -2.17. The number of hydrogen-bond acceptors (Lipinski definition) is 12. The summed E-state index contributed by atoms with van der Waals surface area (Å²) in [7, 11) is 6.28. The van der Waals surface area contributed by atoms with Gasteiger partial charge >= 0.3 is 12.1 Å². The fraction of sp³-hybridized carbons (Fsp3) is 0.472. The summed E-state index contributed by atoms with van der Waals surface area (Å²) < 4.78 is 27.3. The molecule has 50 heavy (non-hydrogen) atoms. The summed E-state index contributed by atoms with van der Waals surface area (Å²) in [6, 6.07) is 11.9. The van der Waals surface area contributed by atoms with Gasteiger partial charge in [-0.05, 0) is 50.5 Å². The highest BCUT2D eigenvalue weighted by atomic mass is 16.5. The number of para-hydroxylation sites is 2. The number of nitrogens with two attached hydrogens (primary N) is 1. The fourth-order valence-corrected chi connectivity index (χ4v) is 4.25. The van der Waals surface area contributed by atoms with Crippen LogP contribution in [0.4, 0.5) is 5.69 Å². The van der Waals surface area contributed by atoms with Gasteiger partial charge in [-0.1, -0.05) is 45.7 Å². The van der Waals surface area contributed by atoms with Gasteiger partial charge in [0.25, 0.3) is 5.56 Å². The van der Waals surface area contributed by atoms with Crippen LogP contribution in [-0.4, -0.2) is 67.7 Å². The van der Waals surface area contributed by atoms with Gasteiger partial charge in [-0.2, -0.15) is 14.6 Å². The second kappa shape index (κ2) is 26.6. The van der Waals surface area contributed by atoms with Crippen molar-refractivity contribution in [1.29, 1.82) is 0 Å². The Balaban J connectivity index is 0.000000757. The number of aryl methyl sites for hydroxylation is 1. The van der Waals surface area contributed by atoms with Gasteiger partial charge in [0.2, 0.25) is 5.88 Å². The maximum Gasteiger partial charge on any atom is 0.373 e. The summed E-state index contributed by atoms with van der Waals surface area (Å²) in [4.78, 5) is 47.6. The SMILES string of the molecule is CCCC(=O)OCC.CCCCC(N)=Nc1c(OC)cccc1OC.CCCCc1nc(O)cc(=O)n1-c1c(OC)cccc1OC.O=C=O. The monoisotopic (exact) mass is 700 g/mol. The van der Waals surface area contributed by atoms with Crippen molar-refractivity contribution < 1.29 is 43.2 Å². The number of ether oxygens (including phenoxy) is 5. The van der Waals surface area contributed by atoms with E-state index < -0.39 is 0 Å². The second-order valence-electron chi connectivity index (χ2n) is 10.2. The van der Waals surface area contributed by atoms with Crippen molar-refractivity contribution in [3.05, 3.63) is 58.6 Å². The number of aromatic hydroxyl groups is 1. The molecule has 0 aliphatic rings. The topological polar surface area (TPSA) is 191 Å². The molecule has 14 nitrogen and oxygen atoms in total. The van der Waals surface area contributed by atoms with Gasteiger partial charge < -0.3 is 34.5 Å². The first-order chi connectivity index (χ1) is 24.1. The molecule has 0 aliphatic heterocycles. The molecule has 0 radical (unpaired) electrons. The lowest BCUT2D eigenvalue weighted by molar-refractivity contribution is -0.191. The van der Waals surface area contributed by atoms with E-state index in [1.807, 2.05) is 32.0 Å². The predicted octanol–water partition coefficient (Wildman–Crippen LogP) is 5.95. The number of aromatic nitrogens is 2. The number of methoxy groups -OCH3 is 4. The molecule has 276 valence electrons. The van der Waals surface area contributed by atoms with Crippen molar-refractivity contribution in [3.63, 3.8) is 0 Å². The first-order valence-electron chi connectivity index (χ1n) is 16.3. The smallest absolute Gasteiger partial charge is 0.373 e. The highest BCUT2D eigenvalue weighted by Crippen LogP contribution is 2.37. The quantitative estimate of drug-likeness (QED) is 0.108. The number of carbonyl (C=O) groups excluding carboxylic acids is 3. The molecule has 0 aliphatic carbocycles. The van der Waals surface area contributed by atoms with Crippen molar-refractivity contribution in [2.24, 2.45) is 10.7 Å². The molecule has 0 bridgehead atoms. The summed E-state index contributed by atoms with van der Waals surface area (Å²) in [6.07, 6.45) is 6.97. The van der Waals surface area contributed by atoms with Crippen LogP contribution in [0.15, 0.2) is 52.3 Å². The zero-order chi connectivity index (χ0) is 37.9. The molecule has 0 spiro atoms. The minimum Gasteiger partial charge on any atom is -0.494 e. The van der Waals surface area contributed by atoms with Crippen LogP contribution in [0, 0.1) is 0 Å². The Morgan fingerprint density at radius 2 is 1.34 bits per heavy atom. The van der Waals surface area contributed by atoms with Crippen molar-refractivity contribution in [3.8, 4) is 34.6 Å². The van der Waals surface area contributed by atoms with Crippen LogP contribution in [0.5, 0.6) is 28.9 Å². The first kappa shape index (κ1) is 44.6. The van der Waals surface area contributed by atoms with Crippen molar-refractivity contribution in [1.82, 2.24) is 9.55 Å². The number of carbonyl (C=O) groups is 1. The van der Waals surface area contributed by atoms with Crippen LogP contribution in [-0.2, 0) is 25.5 Å². The molecule has 1 aromatic heterocycles. The van der Waals surface area contributed by atoms with Crippen LogP contribution in [0.2, 0.25) is 0 Å². The lowest BCUT2D eigenvalue weighted by Crippen LogP contribution is -2.23. The highest BCUT2D eigenvalue weighted by Gasteiger charge is 2.18. The predicted molar refractivity (Wildman–Crippen MR) is 190 cm³/mol. The van der Waals surface area contributed by atoms with E-state index in [0.717, 1.165) is 44.6 Å². The van der Waals surface area contributed by atoms with E-state index in [4.69, 9.17) is 34.3 Å². The Bertz CT molecular complexity index is 1500. The molecule has 3 N–H and O–H groups in total. The molecular formula is C36H52N4O10. The molecule has 0 saturated carbocycles. The lowest BCUT2D eigenvalue weighted by atomic mass is 10.2. The van der Waals surface area contributed by atoms with E-state index in [2.05, 4.69) is 28.6 Å². The minimum atomic E-state index is -0.374. The Morgan fingerprint density at radius 1 is 0.840 bits per heavy atom. The number of benzene rings is 2. The van der Waals surface area contributed by atoms with Crippen LogP contribution in [0.3, 0.4) is 0 Å². The molecular weight excluding hydrogens is 648 g/mol. The molecule has 0 amide bonds. The van der Waals surface area contributed by atoms with E-state index >= 15 is 0 Å². The Hall–Kier alpha value is -5.36. The third-order valence-electron chi connectivity index (χ3n) is 6.56. The normalized spacial score (nSPS) is 10.0. The third kappa shape index (κ3) is 15.7. The first-order valence-corrected chi connectivity index (χ1v) is 16.3. The van der Waals surface area contributed by atoms with Gasteiger partial charge in [0.05, 0.1) is 46.9 Å². The van der Waals surface area contributed by atoms with Crippen molar-refractivity contribution in [2.45, 2.75) is 79.1 Å². The molecule has 3 rings (SSSR count). The Morgan fingerprint density at radius 3 is 1.78 bits per heavy atom. The average molecular weight is 701 g/mol. The summed E-state index contributed by atoms with van der Waals surface area (Å²) in [5, 5.41) is 9.63.